The number of benzene rings is 1. The summed E-state index contributed by atoms with van der Waals surface area (Å²) in [5.74, 6) is -1.68. The van der Waals surface area contributed by atoms with Gasteiger partial charge in [0, 0.05) is 6.54 Å². The molecule has 0 heterocycles. The van der Waals surface area contributed by atoms with Crippen molar-refractivity contribution in [2.24, 2.45) is 11.1 Å². The van der Waals surface area contributed by atoms with E-state index in [0.29, 0.717) is 13.1 Å². The second-order valence-corrected chi connectivity index (χ2v) is 5.37. The molecule has 19 heavy (non-hydrogen) atoms. The molecule has 0 aromatic heterocycles. The number of nitrogens with two attached hydrogens (primary N) is 1. The van der Waals surface area contributed by atoms with Crippen molar-refractivity contribution in [3.8, 4) is 5.75 Å². The number of carbonyl (C=O) groups is 1. The average Bonchev–Trinajstić information content (AvgIpc) is 2.34. The van der Waals surface area contributed by atoms with E-state index in [9.17, 15) is 14.3 Å². The molecular weight excluding hydrogens is 247 g/mol. The van der Waals surface area contributed by atoms with Gasteiger partial charge < -0.3 is 16.2 Å². The molecule has 4 N–H and O–H groups in total. The van der Waals surface area contributed by atoms with Crippen molar-refractivity contribution in [1.29, 1.82) is 0 Å². The van der Waals surface area contributed by atoms with E-state index in [1.807, 2.05) is 13.8 Å². The lowest BCUT2D eigenvalue weighted by molar-refractivity contribution is 0.0927. The molecule has 0 saturated carbocycles. The summed E-state index contributed by atoms with van der Waals surface area (Å²) in [6.07, 6.45) is 1.74. The van der Waals surface area contributed by atoms with Gasteiger partial charge in [0.25, 0.3) is 5.91 Å². The highest BCUT2D eigenvalue weighted by Gasteiger charge is 2.21. The normalized spacial score (nSPS) is 11.4. The fourth-order valence-corrected chi connectivity index (χ4v) is 1.81. The van der Waals surface area contributed by atoms with Crippen LogP contribution in [-0.4, -0.2) is 24.1 Å². The van der Waals surface area contributed by atoms with Crippen molar-refractivity contribution < 1.29 is 14.3 Å². The third kappa shape index (κ3) is 4.52. The Balaban J connectivity index is 2.66. The summed E-state index contributed by atoms with van der Waals surface area (Å²) in [5, 5.41) is 12.2. The molecule has 0 unspecified atom stereocenters. The number of phenols is 1. The maximum absolute atomic E-state index is 13.5. The summed E-state index contributed by atoms with van der Waals surface area (Å²) in [6.45, 7) is 5.01. The zero-order chi connectivity index (χ0) is 14.5. The average molecular weight is 268 g/mol. The fourth-order valence-electron chi connectivity index (χ4n) is 1.81. The van der Waals surface area contributed by atoms with Crippen LogP contribution in [0.5, 0.6) is 5.75 Å². The number of aromatic hydroxyl groups is 1. The molecule has 0 radical (unpaired) electrons. The monoisotopic (exact) mass is 268 g/mol. The zero-order valence-corrected chi connectivity index (χ0v) is 11.4. The minimum Gasteiger partial charge on any atom is -0.507 e. The van der Waals surface area contributed by atoms with Gasteiger partial charge in [-0.1, -0.05) is 19.9 Å². The lowest BCUT2D eigenvalue weighted by atomic mass is 9.87. The number of nitrogens with one attached hydrogen (secondary N) is 1. The van der Waals surface area contributed by atoms with E-state index in [4.69, 9.17) is 5.73 Å². The van der Waals surface area contributed by atoms with Gasteiger partial charge in [-0.2, -0.15) is 0 Å². The van der Waals surface area contributed by atoms with E-state index in [1.165, 1.54) is 12.1 Å². The predicted molar refractivity (Wildman–Crippen MR) is 72.5 cm³/mol. The Morgan fingerprint density at radius 3 is 2.74 bits per heavy atom. The van der Waals surface area contributed by atoms with Crippen LogP contribution in [0.15, 0.2) is 18.2 Å². The minimum atomic E-state index is -0.725. The summed E-state index contributed by atoms with van der Waals surface area (Å²) < 4.78 is 13.5. The molecule has 0 aliphatic carbocycles. The number of phenolic OH excluding ortho intramolecular Hbond substituents is 1. The van der Waals surface area contributed by atoms with Crippen molar-refractivity contribution in [2.75, 3.05) is 13.1 Å². The molecule has 106 valence electrons. The van der Waals surface area contributed by atoms with Gasteiger partial charge in [-0.25, -0.2) is 4.39 Å². The maximum atomic E-state index is 13.5. The molecule has 1 aromatic rings. The van der Waals surface area contributed by atoms with E-state index >= 15 is 0 Å². The zero-order valence-electron chi connectivity index (χ0n) is 11.4. The lowest BCUT2D eigenvalue weighted by Gasteiger charge is -2.24. The molecule has 0 spiro atoms. The van der Waals surface area contributed by atoms with Crippen molar-refractivity contribution in [3.63, 3.8) is 0 Å². The Bertz CT molecular complexity index is 427. The van der Waals surface area contributed by atoms with Crippen LogP contribution in [0, 0.1) is 11.2 Å². The van der Waals surface area contributed by atoms with Gasteiger partial charge in [0.2, 0.25) is 0 Å². The Labute approximate surface area is 112 Å². The molecule has 1 rings (SSSR count). The molecule has 1 amide bonds. The summed E-state index contributed by atoms with van der Waals surface area (Å²) >= 11 is 0. The molecule has 0 aliphatic heterocycles. The third-order valence-electron chi connectivity index (χ3n) is 3.00. The largest absolute Gasteiger partial charge is 0.507 e. The summed E-state index contributed by atoms with van der Waals surface area (Å²) in [6, 6.07) is 3.79. The smallest absolute Gasteiger partial charge is 0.258 e. The van der Waals surface area contributed by atoms with Crippen molar-refractivity contribution in [1.82, 2.24) is 5.32 Å². The molecule has 0 aliphatic rings. The summed E-state index contributed by atoms with van der Waals surface area (Å²) in [7, 11) is 0. The van der Waals surface area contributed by atoms with E-state index in [-0.39, 0.29) is 16.7 Å². The summed E-state index contributed by atoms with van der Waals surface area (Å²) in [5.41, 5.74) is 5.03. The van der Waals surface area contributed by atoms with Gasteiger partial charge in [0.15, 0.2) is 0 Å². The number of amides is 1. The Morgan fingerprint density at radius 2 is 2.16 bits per heavy atom. The van der Waals surface area contributed by atoms with Crippen LogP contribution < -0.4 is 11.1 Å². The predicted octanol–water partition coefficient (Wildman–Crippen LogP) is 2.03. The Hall–Kier alpha value is -1.62. The van der Waals surface area contributed by atoms with Crippen LogP contribution in [0.4, 0.5) is 4.39 Å². The first-order valence-corrected chi connectivity index (χ1v) is 6.33. The number of carbonyl (C=O) groups excluding carboxylic acids is 1. The highest BCUT2D eigenvalue weighted by Crippen LogP contribution is 2.22. The highest BCUT2D eigenvalue weighted by atomic mass is 19.1. The van der Waals surface area contributed by atoms with Gasteiger partial charge >= 0.3 is 0 Å². The van der Waals surface area contributed by atoms with Crippen molar-refractivity contribution >= 4 is 5.91 Å². The van der Waals surface area contributed by atoms with Crippen molar-refractivity contribution in [3.05, 3.63) is 29.6 Å². The fraction of sp³-hybridized carbons (Fsp3) is 0.500. The van der Waals surface area contributed by atoms with E-state index < -0.39 is 11.7 Å². The van der Waals surface area contributed by atoms with Gasteiger partial charge in [-0.3, -0.25) is 4.79 Å². The summed E-state index contributed by atoms with van der Waals surface area (Å²) in [4.78, 5) is 11.9. The quantitative estimate of drug-likeness (QED) is 0.739. The Morgan fingerprint density at radius 1 is 1.47 bits per heavy atom. The second-order valence-electron chi connectivity index (χ2n) is 5.37. The van der Waals surface area contributed by atoms with E-state index in [2.05, 4.69) is 5.32 Å². The van der Waals surface area contributed by atoms with Gasteiger partial charge in [-0.05, 0) is 36.9 Å². The number of hydrogen-bond donors (Lipinski definition) is 3. The standard InChI is InChI=1S/C14H21FN2O2/c1-14(2,7-4-8-16)9-17-13(19)12-10(15)5-3-6-11(12)18/h3,5-6,18H,4,7-9,16H2,1-2H3,(H,17,19). The van der Waals surface area contributed by atoms with Crippen LogP contribution in [0.1, 0.15) is 37.0 Å². The van der Waals surface area contributed by atoms with Crippen LogP contribution in [0.2, 0.25) is 0 Å². The maximum Gasteiger partial charge on any atom is 0.258 e. The van der Waals surface area contributed by atoms with Gasteiger partial charge in [0.05, 0.1) is 0 Å². The molecular formula is C14H21FN2O2. The Kier molecular flexibility index (Phi) is 5.30. The second kappa shape index (κ2) is 6.52. The molecule has 0 fully saturated rings. The first-order chi connectivity index (χ1) is 8.87. The molecule has 0 atom stereocenters. The lowest BCUT2D eigenvalue weighted by Crippen LogP contribution is -2.34. The minimum absolute atomic E-state index is 0.115. The first-order valence-electron chi connectivity index (χ1n) is 6.33. The highest BCUT2D eigenvalue weighted by molar-refractivity contribution is 5.97. The molecule has 5 heteroatoms. The first kappa shape index (κ1) is 15.4. The van der Waals surface area contributed by atoms with Crippen LogP contribution in [0.3, 0.4) is 0 Å². The molecule has 0 bridgehead atoms. The third-order valence-corrected chi connectivity index (χ3v) is 3.00. The van der Waals surface area contributed by atoms with Crippen LogP contribution >= 0.6 is 0 Å². The topological polar surface area (TPSA) is 75.3 Å². The van der Waals surface area contributed by atoms with E-state index in [1.54, 1.807) is 0 Å². The van der Waals surface area contributed by atoms with Gasteiger partial charge in [0.1, 0.15) is 17.1 Å². The van der Waals surface area contributed by atoms with Crippen molar-refractivity contribution in [2.45, 2.75) is 26.7 Å². The SMILES string of the molecule is CC(C)(CCCN)CNC(=O)c1c(O)cccc1F. The number of rotatable bonds is 6. The van der Waals surface area contributed by atoms with Gasteiger partial charge in [-0.15, -0.1) is 0 Å². The number of hydrogen-bond acceptors (Lipinski definition) is 3. The molecule has 0 saturated heterocycles. The molecule has 4 nitrogen and oxygen atoms in total. The molecule has 1 aromatic carbocycles. The van der Waals surface area contributed by atoms with Crippen LogP contribution in [0.25, 0.3) is 0 Å². The van der Waals surface area contributed by atoms with Crippen LogP contribution in [-0.2, 0) is 0 Å². The number of halogens is 1. The van der Waals surface area contributed by atoms with E-state index in [0.717, 1.165) is 18.9 Å².